The molecule has 4 nitrogen and oxygen atoms in total. The molecule has 6 heteroatoms. The number of carbonyl (C=O) groups excluding carboxylic acids is 1. The van der Waals surface area contributed by atoms with Gasteiger partial charge in [0.15, 0.2) is 0 Å². The summed E-state index contributed by atoms with van der Waals surface area (Å²) in [5.74, 6) is -0.796. The number of hydrogen-bond acceptors (Lipinski definition) is 4. The number of esters is 1. The second-order valence-electron chi connectivity index (χ2n) is 6.06. The highest BCUT2D eigenvalue weighted by Gasteiger charge is 2.29. The van der Waals surface area contributed by atoms with Crippen molar-refractivity contribution in [1.29, 1.82) is 0 Å². The van der Waals surface area contributed by atoms with Gasteiger partial charge in [0.2, 0.25) is 0 Å². The van der Waals surface area contributed by atoms with Crippen LogP contribution in [0.3, 0.4) is 0 Å². The lowest BCUT2D eigenvalue weighted by Crippen LogP contribution is -2.39. The Balaban J connectivity index is 1.79. The molecular formula is C20H16BFN2O2. The standard InChI is InChI=1S/C20H16BFN2O2/c1-26-19(25)12-16(13-8-10-15(22)11-9-13)21-23-17-6-2-4-14-5-3-7-18(24-21)20(14)17/h2-12,23-24H,1H3/b16-12+. The largest absolute Gasteiger partial charge is 0.466 e. The van der Waals surface area contributed by atoms with Crippen LogP contribution in [0.2, 0.25) is 0 Å². The minimum atomic E-state index is -0.468. The number of methoxy groups -OCH3 is 1. The first-order chi connectivity index (χ1) is 12.7. The Hall–Kier alpha value is -3.28. The molecule has 1 aliphatic heterocycles. The van der Waals surface area contributed by atoms with Crippen LogP contribution in [0.4, 0.5) is 15.8 Å². The summed E-state index contributed by atoms with van der Waals surface area (Å²) >= 11 is 0. The van der Waals surface area contributed by atoms with Crippen molar-refractivity contribution in [2.24, 2.45) is 0 Å². The zero-order chi connectivity index (χ0) is 18.1. The topological polar surface area (TPSA) is 50.4 Å². The van der Waals surface area contributed by atoms with Gasteiger partial charge in [-0.1, -0.05) is 36.4 Å². The maximum atomic E-state index is 13.3. The number of anilines is 2. The highest BCUT2D eigenvalue weighted by molar-refractivity contribution is 6.85. The lowest BCUT2D eigenvalue weighted by atomic mass is 9.62. The van der Waals surface area contributed by atoms with Crippen molar-refractivity contribution in [3.8, 4) is 0 Å². The highest BCUT2D eigenvalue weighted by Crippen LogP contribution is 2.36. The maximum Gasteiger partial charge on any atom is 0.406 e. The highest BCUT2D eigenvalue weighted by atomic mass is 19.1. The van der Waals surface area contributed by atoms with Gasteiger partial charge in [-0.15, -0.1) is 0 Å². The van der Waals surface area contributed by atoms with Crippen LogP contribution >= 0.6 is 0 Å². The van der Waals surface area contributed by atoms with Gasteiger partial charge >= 0.3 is 13.0 Å². The molecule has 0 atom stereocenters. The van der Waals surface area contributed by atoms with Crippen molar-refractivity contribution in [3.63, 3.8) is 0 Å². The molecule has 0 saturated heterocycles. The molecule has 0 fully saturated rings. The number of ether oxygens (including phenoxy) is 1. The van der Waals surface area contributed by atoms with Crippen LogP contribution in [0.25, 0.3) is 16.2 Å². The summed E-state index contributed by atoms with van der Waals surface area (Å²) in [5.41, 5.74) is 3.34. The van der Waals surface area contributed by atoms with Crippen molar-refractivity contribution in [1.82, 2.24) is 0 Å². The number of benzene rings is 3. The van der Waals surface area contributed by atoms with Crippen molar-refractivity contribution in [2.45, 2.75) is 0 Å². The fourth-order valence-corrected chi connectivity index (χ4v) is 3.25. The molecule has 1 aliphatic rings. The Kier molecular flexibility index (Phi) is 4.09. The van der Waals surface area contributed by atoms with E-state index in [1.54, 1.807) is 12.1 Å². The first kappa shape index (κ1) is 16.2. The number of nitrogens with one attached hydrogen (secondary N) is 2. The van der Waals surface area contributed by atoms with Crippen LogP contribution < -0.4 is 10.5 Å². The molecule has 0 radical (unpaired) electrons. The molecule has 0 amide bonds. The maximum absolute atomic E-state index is 13.3. The van der Waals surface area contributed by atoms with E-state index in [-0.39, 0.29) is 12.8 Å². The summed E-state index contributed by atoms with van der Waals surface area (Å²) in [6.45, 7) is -0.361. The second-order valence-corrected chi connectivity index (χ2v) is 6.06. The number of halogens is 1. The molecule has 3 aromatic carbocycles. The Labute approximate surface area is 150 Å². The third-order valence-electron chi connectivity index (χ3n) is 4.47. The van der Waals surface area contributed by atoms with Crippen molar-refractivity contribution >= 4 is 40.6 Å². The third-order valence-corrected chi connectivity index (χ3v) is 4.47. The quantitative estimate of drug-likeness (QED) is 0.426. The van der Waals surface area contributed by atoms with Gasteiger partial charge < -0.3 is 15.2 Å². The Morgan fingerprint density at radius 2 is 1.62 bits per heavy atom. The average Bonchev–Trinajstić information content (AvgIpc) is 2.67. The van der Waals surface area contributed by atoms with E-state index in [0.717, 1.165) is 27.7 Å². The number of rotatable bonds is 3. The van der Waals surface area contributed by atoms with Crippen LogP contribution in [0.15, 0.2) is 66.7 Å². The van der Waals surface area contributed by atoms with E-state index in [1.807, 2.05) is 24.3 Å². The molecule has 0 aliphatic carbocycles. The lowest BCUT2D eigenvalue weighted by Gasteiger charge is -2.28. The molecule has 3 aromatic rings. The van der Waals surface area contributed by atoms with Gasteiger partial charge in [0.25, 0.3) is 0 Å². The molecular weight excluding hydrogens is 330 g/mol. The van der Waals surface area contributed by atoms with E-state index < -0.39 is 5.97 Å². The molecule has 4 rings (SSSR count). The summed E-state index contributed by atoms with van der Waals surface area (Å²) in [7, 11) is 1.33. The minimum Gasteiger partial charge on any atom is -0.466 e. The van der Waals surface area contributed by atoms with E-state index in [2.05, 4.69) is 22.6 Å². The van der Waals surface area contributed by atoms with Crippen molar-refractivity contribution in [2.75, 3.05) is 17.6 Å². The van der Waals surface area contributed by atoms with E-state index in [4.69, 9.17) is 4.74 Å². The van der Waals surface area contributed by atoms with E-state index >= 15 is 0 Å². The van der Waals surface area contributed by atoms with Crippen LogP contribution in [-0.4, -0.2) is 20.1 Å². The van der Waals surface area contributed by atoms with Gasteiger partial charge in [0.05, 0.1) is 7.11 Å². The molecule has 0 unspecified atom stereocenters. The van der Waals surface area contributed by atoms with Gasteiger partial charge in [-0.2, -0.15) is 0 Å². The lowest BCUT2D eigenvalue weighted by molar-refractivity contribution is -0.134. The smallest absolute Gasteiger partial charge is 0.406 e. The fourth-order valence-electron chi connectivity index (χ4n) is 3.25. The molecule has 2 N–H and O–H groups in total. The van der Waals surface area contributed by atoms with Crippen LogP contribution in [-0.2, 0) is 9.53 Å². The van der Waals surface area contributed by atoms with Crippen LogP contribution in [0.5, 0.6) is 0 Å². The Morgan fingerprint density at radius 1 is 1.00 bits per heavy atom. The monoisotopic (exact) mass is 346 g/mol. The van der Waals surface area contributed by atoms with Crippen LogP contribution in [0.1, 0.15) is 5.56 Å². The van der Waals surface area contributed by atoms with Gasteiger partial charge in [-0.05, 0) is 40.7 Å². The van der Waals surface area contributed by atoms with Crippen molar-refractivity contribution in [3.05, 3.63) is 78.1 Å². The second kappa shape index (κ2) is 6.56. The predicted octanol–water partition coefficient (Wildman–Crippen LogP) is 4.10. The van der Waals surface area contributed by atoms with Crippen LogP contribution in [0, 0.1) is 5.82 Å². The summed E-state index contributed by atoms with van der Waals surface area (Å²) in [5, 5.41) is 9.07. The third kappa shape index (κ3) is 2.90. The molecule has 0 saturated carbocycles. The fraction of sp³-hybridized carbons (Fsp3) is 0.0500. The van der Waals surface area contributed by atoms with Gasteiger partial charge in [-0.3, -0.25) is 0 Å². The first-order valence-corrected chi connectivity index (χ1v) is 8.26. The zero-order valence-electron chi connectivity index (χ0n) is 14.1. The summed E-state index contributed by atoms with van der Waals surface area (Å²) < 4.78 is 18.1. The predicted molar refractivity (Wildman–Crippen MR) is 103 cm³/mol. The summed E-state index contributed by atoms with van der Waals surface area (Å²) in [6.07, 6.45) is 1.42. The van der Waals surface area contributed by atoms with E-state index in [9.17, 15) is 9.18 Å². The molecule has 1 heterocycles. The first-order valence-electron chi connectivity index (χ1n) is 8.26. The molecule has 0 spiro atoms. The Bertz CT molecular complexity index is 977. The average molecular weight is 346 g/mol. The van der Waals surface area contributed by atoms with Crippen molar-refractivity contribution < 1.29 is 13.9 Å². The van der Waals surface area contributed by atoms with Gasteiger partial charge in [0.1, 0.15) is 5.82 Å². The molecule has 26 heavy (non-hydrogen) atoms. The molecule has 0 bridgehead atoms. The Morgan fingerprint density at radius 3 is 2.19 bits per heavy atom. The van der Waals surface area contributed by atoms with Gasteiger partial charge in [-0.25, -0.2) is 9.18 Å². The molecule has 0 aromatic heterocycles. The SMILES string of the molecule is COC(=O)/C=C(/B1Nc2cccc3cccc(c23)N1)c1ccc(F)cc1. The summed E-state index contributed by atoms with van der Waals surface area (Å²) in [4.78, 5) is 11.9. The number of hydrogen-bond donors (Lipinski definition) is 2. The summed E-state index contributed by atoms with van der Waals surface area (Å²) in [6, 6.07) is 18.1. The van der Waals surface area contributed by atoms with Gasteiger partial charge in [0, 0.05) is 22.8 Å². The minimum absolute atomic E-state index is 0.328. The number of carbonyl (C=O) groups is 1. The van der Waals surface area contributed by atoms with E-state index in [1.165, 1.54) is 25.3 Å². The molecule has 128 valence electrons. The van der Waals surface area contributed by atoms with E-state index in [0.29, 0.717) is 5.47 Å². The zero-order valence-corrected chi connectivity index (χ0v) is 14.1. The normalized spacial score (nSPS) is 13.2.